The maximum Gasteiger partial charge on any atom is 0.407 e. The van der Waals surface area contributed by atoms with E-state index in [-0.39, 0.29) is 0 Å². The summed E-state index contributed by atoms with van der Waals surface area (Å²) >= 11 is 0. The van der Waals surface area contributed by atoms with Gasteiger partial charge in [0.1, 0.15) is 11.9 Å². The third kappa shape index (κ3) is 4.49. The molecule has 1 N–H and O–H groups in total. The highest BCUT2D eigenvalue weighted by molar-refractivity contribution is 5.67. The lowest BCUT2D eigenvalue weighted by Gasteiger charge is -2.19. The highest BCUT2D eigenvalue weighted by atomic mass is 16.6. The van der Waals surface area contributed by atoms with E-state index in [2.05, 4.69) is 10.3 Å². The van der Waals surface area contributed by atoms with Crippen LogP contribution in [0.4, 0.5) is 4.79 Å². The van der Waals surface area contributed by atoms with Crippen LogP contribution in [-0.2, 0) is 11.3 Å². The van der Waals surface area contributed by atoms with E-state index in [1.54, 1.807) is 6.92 Å². The van der Waals surface area contributed by atoms with Crippen LogP contribution in [0.15, 0.2) is 10.7 Å². The van der Waals surface area contributed by atoms with Crippen molar-refractivity contribution in [1.82, 2.24) is 10.3 Å². The molecule has 1 aromatic heterocycles. The summed E-state index contributed by atoms with van der Waals surface area (Å²) in [5, 5.41) is 2.59. The normalized spacial score (nSPS) is 11.2. The number of ether oxygens (including phenoxy) is 1. The van der Waals surface area contributed by atoms with Crippen LogP contribution in [0.5, 0.6) is 0 Å². The van der Waals surface area contributed by atoms with Gasteiger partial charge in [0.25, 0.3) is 0 Å². The number of carbonyl (C=O) groups excluding carboxylic acids is 1. The molecular weight excluding hydrogens is 196 g/mol. The van der Waals surface area contributed by atoms with Crippen LogP contribution in [0.25, 0.3) is 0 Å². The molecule has 0 unspecified atom stereocenters. The fraction of sp³-hybridized carbons (Fsp3) is 0.600. The minimum Gasteiger partial charge on any atom is -0.449 e. The van der Waals surface area contributed by atoms with Gasteiger partial charge in [-0.1, -0.05) is 0 Å². The van der Waals surface area contributed by atoms with Crippen molar-refractivity contribution < 1.29 is 13.9 Å². The van der Waals surface area contributed by atoms with Crippen molar-refractivity contribution in [3.63, 3.8) is 0 Å². The molecule has 0 spiro atoms. The number of nitrogens with one attached hydrogen (secondary N) is 1. The summed E-state index contributed by atoms with van der Waals surface area (Å²) in [5.41, 5.74) is 0.197. The van der Waals surface area contributed by atoms with Gasteiger partial charge < -0.3 is 14.5 Å². The highest BCUT2D eigenvalue weighted by Crippen LogP contribution is 2.07. The lowest BCUT2D eigenvalue weighted by molar-refractivity contribution is 0.0523. The van der Waals surface area contributed by atoms with E-state index in [1.807, 2.05) is 20.8 Å². The molecule has 15 heavy (non-hydrogen) atoms. The number of oxazole rings is 1. The molecule has 84 valence electrons. The number of carbonyl (C=O) groups is 1. The standard InChI is InChI=1S/C10H16N2O3/c1-7-12-8(6-14-7)5-11-9(13)15-10(2,3)4/h6H,5H2,1-4H3,(H,11,13). The second-order valence-electron chi connectivity index (χ2n) is 4.21. The van der Waals surface area contributed by atoms with Crippen LogP contribution in [-0.4, -0.2) is 16.7 Å². The van der Waals surface area contributed by atoms with Crippen molar-refractivity contribution in [2.24, 2.45) is 0 Å². The van der Waals surface area contributed by atoms with E-state index in [0.717, 1.165) is 0 Å². The van der Waals surface area contributed by atoms with Crippen LogP contribution >= 0.6 is 0 Å². The monoisotopic (exact) mass is 212 g/mol. The van der Waals surface area contributed by atoms with E-state index in [9.17, 15) is 4.79 Å². The molecule has 0 aromatic carbocycles. The number of rotatable bonds is 2. The Morgan fingerprint density at radius 3 is 2.73 bits per heavy atom. The Kier molecular flexibility index (Phi) is 3.34. The van der Waals surface area contributed by atoms with Crippen molar-refractivity contribution in [1.29, 1.82) is 0 Å². The molecule has 0 fully saturated rings. The fourth-order valence-corrected chi connectivity index (χ4v) is 0.966. The molecular formula is C10H16N2O3. The number of hydrogen-bond acceptors (Lipinski definition) is 4. The molecule has 0 aliphatic carbocycles. The van der Waals surface area contributed by atoms with Crippen LogP contribution in [0, 0.1) is 6.92 Å². The Bertz CT molecular complexity index is 339. The number of nitrogens with zero attached hydrogens (tertiary/aromatic N) is 1. The molecule has 5 nitrogen and oxygen atoms in total. The van der Waals surface area contributed by atoms with E-state index in [0.29, 0.717) is 18.1 Å². The van der Waals surface area contributed by atoms with Gasteiger partial charge in [0.05, 0.1) is 12.2 Å². The van der Waals surface area contributed by atoms with Gasteiger partial charge in [-0.2, -0.15) is 0 Å². The van der Waals surface area contributed by atoms with Crippen LogP contribution in [0.3, 0.4) is 0 Å². The minimum absolute atomic E-state index is 0.312. The Balaban J connectivity index is 2.35. The summed E-state index contributed by atoms with van der Waals surface area (Å²) in [5.74, 6) is 0.580. The molecule has 1 heterocycles. The Labute approximate surface area is 88.8 Å². The minimum atomic E-state index is -0.482. The van der Waals surface area contributed by atoms with Crippen LogP contribution in [0.2, 0.25) is 0 Å². The van der Waals surface area contributed by atoms with Crippen molar-refractivity contribution in [2.75, 3.05) is 0 Å². The second kappa shape index (κ2) is 4.33. The second-order valence-corrected chi connectivity index (χ2v) is 4.21. The van der Waals surface area contributed by atoms with Gasteiger partial charge in [-0.05, 0) is 20.8 Å². The third-order valence-electron chi connectivity index (χ3n) is 1.48. The predicted octanol–water partition coefficient (Wildman–Crippen LogP) is 2.01. The number of hydrogen-bond donors (Lipinski definition) is 1. The Morgan fingerprint density at radius 1 is 1.60 bits per heavy atom. The maximum atomic E-state index is 11.2. The number of alkyl carbamates (subject to hydrolysis) is 1. The lowest BCUT2D eigenvalue weighted by Crippen LogP contribution is -2.32. The van der Waals surface area contributed by atoms with E-state index >= 15 is 0 Å². The first kappa shape index (κ1) is 11.6. The van der Waals surface area contributed by atoms with Gasteiger partial charge in [-0.25, -0.2) is 9.78 Å². The lowest BCUT2D eigenvalue weighted by atomic mass is 10.2. The molecule has 0 radical (unpaired) electrons. The molecule has 0 bridgehead atoms. The molecule has 0 saturated heterocycles. The largest absolute Gasteiger partial charge is 0.449 e. The highest BCUT2D eigenvalue weighted by Gasteiger charge is 2.15. The van der Waals surface area contributed by atoms with Crippen molar-refractivity contribution in [2.45, 2.75) is 39.8 Å². The molecule has 0 aliphatic rings. The fourth-order valence-electron chi connectivity index (χ4n) is 0.966. The molecule has 0 atom stereocenters. The van der Waals surface area contributed by atoms with E-state index in [1.165, 1.54) is 6.26 Å². The SMILES string of the molecule is Cc1nc(CNC(=O)OC(C)(C)C)co1. The molecule has 5 heteroatoms. The van der Waals surface area contributed by atoms with Gasteiger partial charge in [0.2, 0.25) is 0 Å². The first-order valence-electron chi connectivity index (χ1n) is 4.75. The molecule has 0 aliphatic heterocycles. The average molecular weight is 212 g/mol. The topological polar surface area (TPSA) is 64.4 Å². The Morgan fingerprint density at radius 2 is 2.27 bits per heavy atom. The third-order valence-corrected chi connectivity index (χ3v) is 1.48. The van der Waals surface area contributed by atoms with Gasteiger partial charge in [0, 0.05) is 6.92 Å². The summed E-state index contributed by atoms with van der Waals surface area (Å²) in [6, 6.07) is 0. The predicted molar refractivity (Wildman–Crippen MR) is 54.3 cm³/mol. The van der Waals surface area contributed by atoms with Gasteiger partial charge in [-0.15, -0.1) is 0 Å². The zero-order chi connectivity index (χ0) is 11.5. The summed E-state index contributed by atoms with van der Waals surface area (Å²) in [4.78, 5) is 15.3. The zero-order valence-corrected chi connectivity index (χ0v) is 9.46. The first-order valence-corrected chi connectivity index (χ1v) is 4.75. The summed E-state index contributed by atoms with van der Waals surface area (Å²) < 4.78 is 10.1. The summed E-state index contributed by atoms with van der Waals surface area (Å²) in [6.07, 6.45) is 1.05. The molecule has 0 saturated carbocycles. The van der Waals surface area contributed by atoms with E-state index in [4.69, 9.17) is 9.15 Å². The Hall–Kier alpha value is -1.52. The molecule has 1 aromatic rings. The smallest absolute Gasteiger partial charge is 0.407 e. The number of aryl methyl sites for hydroxylation is 1. The molecule has 1 amide bonds. The average Bonchev–Trinajstić information content (AvgIpc) is 2.45. The first-order chi connectivity index (χ1) is 6.87. The van der Waals surface area contributed by atoms with Gasteiger partial charge in [0.15, 0.2) is 5.89 Å². The van der Waals surface area contributed by atoms with Crippen molar-refractivity contribution in [3.8, 4) is 0 Å². The molecule has 1 rings (SSSR count). The summed E-state index contributed by atoms with van der Waals surface area (Å²) in [7, 11) is 0. The van der Waals surface area contributed by atoms with Gasteiger partial charge in [-0.3, -0.25) is 0 Å². The van der Waals surface area contributed by atoms with Crippen molar-refractivity contribution >= 4 is 6.09 Å². The van der Waals surface area contributed by atoms with Crippen LogP contribution in [0.1, 0.15) is 32.4 Å². The summed E-state index contributed by atoms with van der Waals surface area (Å²) in [6.45, 7) is 7.50. The van der Waals surface area contributed by atoms with E-state index < -0.39 is 11.7 Å². The maximum absolute atomic E-state index is 11.2. The number of aromatic nitrogens is 1. The quantitative estimate of drug-likeness (QED) is 0.814. The number of amides is 1. The zero-order valence-electron chi connectivity index (χ0n) is 9.46. The van der Waals surface area contributed by atoms with Crippen molar-refractivity contribution in [3.05, 3.63) is 17.8 Å². The van der Waals surface area contributed by atoms with Crippen LogP contribution < -0.4 is 5.32 Å². The van der Waals surface area contributed by atoms with Gasteiger partial charge >= 0.3 is 6.09 Å².